The van der Waals surface area contributed by atoms with Gasteiger partial charge in [0.2, 0.25) is 5.82 Å². The van der Waals surface area contributed by atoms with Crippen molar-refractivity contribution in [1.82, 2.24) is 30.0 Å². The summed E-state index contributed by atoms with van der Waals surface area (Å²) in [4.78, 5) is 21.3. The number of carbonyl (C=O) groups excluding carboxylic acids is 1. The first kappa shape index (κ1) is 20.1. The van der Waals surface area contributed by atoms with E-state index in [1.807, 2.05) is 5.51 Å². The van der Waals surface area contributed by atoms with Crippen LogP contribution in [0.2, 0.25) is 0 Å². The van der Waals surface area contributed by atoms with E-state index in [1.165, 1.54) is 10.4 Å². The van der Waals surface area contributed by atoms with Gasteiger partial charge in [-0.25, -0.2) is 4.98 Å². The average molecular weight is 449 g/mol. The van der Waals surface area contributed by atoms with Crippen LogP contribution in [-0.4, -0.2) is 49.2 Å². The number of fused-ring (bicyclic) bond motifs is 2. The molecule has 166 valence electrons. The molecule has 32 heavy (non-hydrogen) atoms. The van der Waals surface area contributed by atoms with Crippen LogP contribution in [0.3, 0.4) is 0 Å². The summed E-state index contributed by atoms with van der Waals surface area (Å²) in [5.41, 5.74) is 4.51. The summed E-state index contributed by atoms with van der Waals surface area (Å²) in [6.07, 6.45) is 5.09. The Labute approximate surface area is 191 Å². The van der Waals surface area contributed by atoms with Gasteiger partial charge < -0.3 is 9.88 Å². The molecule has 6 rings (SSSR count). The summed E-state index contributed by atoms with van der Waals surface area (Å²) in [5, 5.41) is 11.9. The number of rotatable bonds is 5. The molecular formula is C24H28N6OS. The van der Waals surface area contributed by atoms with Gasteiger partial charge in [-0.15, -0.1) is 21.5 Å². The molecule has 2 unspecified atom stereocenters. The van der Waals surface area contributed by atoms with Gasteiger partial charge in [0.15, 0.2) is 0 Å². The van der Waals surface area contributed by atoms with E-state index in [9.17, 15) is 4.79 Å². The Kier molecular flexibility index (Phi) is 4.87. The largest absolute Gasteiger partial charge is 0.347 e. The quantitative estimate of drug-likeness (QED) is 0.649. The molecule has 1 N–H and O–H groups in total. The number of nitrogens with one attached hydrogen (secondary N) is 1. The van der Waals surface area contributed by atoms with E-state index in [0.29, 0.717) is 11.9 Å². The topological polar surface area (TPSA) is 75.9 Å². The summed E-state index contributed by atoms with van der Waals surface area (Å²) in [6, 6.07) is 11.5. The lowest BCUT2D eigenvalue weighted by molar-refractivity contribution is 0.0931. The van der Waals surface area contributed by atoms with Gasteiger partial charge in [0.05, 0.1) is 11.2 Å². The lowest BCUT2D eigenvalue weighted by Gasteiger charge is -2.37. The number of thiazole rings is 1. The standard InChI is InChI=1S/C24H28N6OS/c1-16-19(32-15-25-16)13-29-12-11-24(17-5-3-2-4-6-17)10-9-21-27-28-22(30(21)14-20(24)29)23(31)26-18-7-8-18/h2-6,15,18,20H,7-14H2,1H3,(H,26,31). The van der Waals surface area contributed by atoms with Crippen LogP contribution in [0.15, 0.2) is 35.8 Å². The molecule has 1 saturated heterocycles. The van der Waals surface area contributed by atoms with E-state index < -0.39 is 0 Å². The maximum Gasteiger partial charge on any atom is 0.289 e. The third-order valence-corrected chi connectivity index (χ3v) is 8.48. The Hall–Kier alpha value is -2.58. The number of hydrogen-bond donors (Lipinski definition) is 1. The van der Waals surface area contributed by atoms with E-state index in [4.69, 9.17) is 0 Å². The van der Waals surface area contributed by atoms with Crippen LogP contribution in [0.1, 0.15) is 58.3 Å². The van der Waals surface area contributed by atoms with Crippen LogP contribution in [0, 0.1) is 6.92 Å². The highest BCUT2D eigenvalue weighted by Gasteiger charge is 2.50. The first-order valence-corrected chi connectivity index (χ1v) is 12.4. The normalized spacial score (nSPS) is 25.2. The first-order chi connectivity index (χ1) is 15.6. The minimum absolute atomic E-state index is 0.0464. The first-order valence-electron chi connectivity index (χ1n) is 11.6. The van der Waals surface area contributed by atoms with Crippen LogP contribution in [0.4, 0.5) is 0 Å². The Morgan fingerprint density at radius 3 is 2.81 bits per heavy atom. The second-order valence-corrected chi connectivity index (χ2v) is 10.4. The minimum Gasteiger partial charge on any atom is -0.347 e. The zero-order chi connectivity index (χ0) is 21.7. The van der Waals surface area contributed by atoms with Crippen molar-refractivity contribution in [3.8, 4) is 0 Å². The summed E-state index contributed by atoms with van der Waals surface area (Å²) < 4.78 is 2.10. The number of aryl methyl sites for hydroxylation is 2. The van der Waals surface area contributed by atoms with E-state index in [0.717, 1.165) is 63.3 Å². The molecule has 2 aliphatic heterocycles. The zero-order valence-electron chi connectivity index (χ0n) is 18.3. The summed E-state index contributed by atoms with van der Waals surface area (Å²) in [7, 11) is 0. The molecule has 0 bridgehead atoms. The number of benzene rings is 1. The van der Waals surface area contributed by atoms with Gasteiger partial charge >= 0.3 is 0 Å². The molecule has 1 saturated carbocycles. The highest BCUT2D eigenvalue weighted by Crippen LogP contribution is 2.46. The van der Waals surface area contributed by atoms with Crippen LogP contribution in [-0.2, 0) is 24.9 Å². The molecule has 0 spiro atoms. The van der Waals surface area contributed by atoms with Crippen molar-refractivity contribution in [2.75, 3.05) is 6.54 Å². The molecule has 8 heteroatoms. The van der Waals surface area contributed by atoms with Crippen molar-refractivity contribution < 1.29 is 4.79 Å². The second-order valence-electron chi connectivity index (χ2n) is 9.42. The fraction of sp³-hybridized carbons (Fsp3) is 0.500. The molecule has 2 aromatic heterocycles. The summed E-state index contributed by atoms with van der Waals surface area (Å²) in [6.45, 7) is 4.77. The number of carbonyl (C=O) groups is 1. The molecule has 7 nitrogen and oxygen atoms in total. The molecule has 1 amide bonds. The Morgan fingerprint density at radius 1 is 1.22 bits per heavy atom. The van der Waals surface area contributed by atoms with Gasteiger partial charge in [-0.05, 0) is 44.7 Å². The lowest BCUT2D eigenvalue weighted by atomic mass is 9.71. The SMILES string of the molecule is Cc1ncsc1CN1CCC2(c3ccccc3)CCc3nnc(C(=O)NC4CC4)n3CC12. The van der Waals surface area contributed by atoms with Gasteiger partial charge in [-0.1, -0.05) is 30.3 Å². The monoisotopic (exact) mass is 448 g/mol. The molecule has 0 radical (unpaired) electrons. The third-order valence-electron chi connectivity index (χ3n) is 7.56. The van der Waals surface area contributed by atoms with Gasteiger partial charge in [0, 0.05) is 41.9 Å². The van der Waals surface area contributed by atoms with E-state index in [-0.39, 0.29) is 17.4 Å². The Morgan fingerprint density at radius 2 is 2.06 bits per heavy atom. The summed E-state index contributed by atoms with van der Waals surface area (Å²) in [5.74, 6) is 1.32. The average Bonchev–Trinajstić information content (AvgIpc) is 3.29. The molecule has 3 aliphatic rings. The smallest absolute Gasteiger partial charge is 0.289 e. The van der Waals surface area contributed by atoms with E-state index in [1.54, 1.807) is 11.3 Å². The van der Waals surface area contributed by atoms with Gasteiger partial charge in [0.25, 0.3) is 5.91 Å². The fourth-order valence-electron chi connectivity index (χ4n) is 5.57. The van der Waals surface area contributed by atoms with Crippen molar-refractivity contribution in [2.24, 2.45) is 0 Å². The third kappa shape index (κ3) is 3.36. The molecule has 3 aromatic rings. The number of nitrogens with zero attached hydrogens (tertiary/aromatic N) is 5. The Balaban J connectivity index is 1.38. The van der Waals surface area contributed by atoms with Crippen molar-refractivity contribution in [3.05, 3.63) is 63.6 Å². The Bertz CT molecular complexity index is 1140. The van der Waals surface area contributed by atoms with E-state index in [2.05, 4.69) is 67.2 Å². The summed E-state index contributed by atoms with van der Waals surface area (Å²) >= 11 is 1.74. The number of amides is 1. The predicted molar refractivity (Wildman–Crippen MR) is 123 cm³/mol. The second kappa shape index (κ2) is 7.78. The van der Waals surface area contributed by atoms with E-state index >= 15 is 0 Å². The maximum atomic E-state index is 12.9. The number of hydrogen-bond acceptors (Lipinski definition) is 6. The van der Waals surface area contributed by atoms with Gasteiger partial charge in [-0.2, -0.15) is 0 Å². The van der Waals surface area contributed by atoms with Gasteiger partial charge in [0.1, 0.15) is 5.82 Å². The van der Waals surface area contributed by atoms with Crippen molar-refractivity contribution >= 4 is 17.2 Å². The highest BCUT2D eigenvalue weighted by atomic mass is 32.1. The van der Waals surface area contributed by atoms with Crippen LogP contribution in [0.25, 0.3) is 0 Å². The minimum atomic E-state index is -0.0821. The maximum absolute atomic E-state index is 12.9. The van der Waals surface area contributed by atoms with Crippen molar-refractivity contribution in [2.45, 2.75) is 69.6 Å². The fourth-order valence-corrected chi connectivity index (χ4v) is 6.37. The van der Waals surface area contributed by atoms with Crippen molar-refractivity contribution in [1.29, 1.82) is 0 Å². The highest BCUT2D eigenvalue weighted by molar-refractivity contribution is 7.09. The number of likely N-dealkylation sites (tertiary alicyclic amines) is 1. The molecule has 4 heterocycles. The van der Waals surface area contributed by atoms with Gasteiger partial charge in [-0.3, -0.25) is 9.69 Å². The van der Waals surface area contributed by atoms with Crippen molar-refractivity contribution in [3.63, 3.8) is 0 Å². The molecule has 2 fully saturated rings. The zero-order valence-corrected chi connectivity index (χ0v) is 19.1. The molecule has 1 aliphatic carbocycles. The predicted octanol–water partition coefficient (Wildman–Crippen LogP) is 3.09. The van der Waals surface area contributed by atoms with Crippen LogP contribution < -0.4 is 5.32 Å². The molecular weight excluding hydrogens is 420 g/mol. The molecule has 2 atom stereocenters. The number of aromatic nitrogens is 4. The van der Waals surface area contributed by atoms with Crippen LogP contribution >= 0.6 is 11.3 Å². The molecule has 1 aromatic carbocycles. The lowest BCUT2D eigenvalue weighted by Crippen LogP contribution is -2.45. The van der Waals surface area contributed by atoms with Crippen LogP contribution in [0.5, 0.6) is 0 Å².